The summed E-state index contributed by atoms with van der Waals surface area (Å²) in [6.45, 7) is 2.87. The van der Waals surface area contributed by atoms with Crippen molar-refractivity contribution >= 4 is 21.8 Å². The van der Waals surface area contributed by atoms with Gasteiger partial charge >= 0.3 is 0 Å². The highest BCUT2D eigenvalue weighted by Gasteiger charge is 2.23. The highest BCUT2D eigenvalue weighted by molar-refractivity contribution is 9.10. The molecular weight excluding hydrogens is 309 g/mol. The molecule has 2 unspecified atom stereocenters. The normalized spacial score (nSPS) is 23.1. The second-order valence-electron chi connectivity index (χ2n) is 5.33. The summed E-state index contributed by atoms with van der Waals surface area (Å²) < 4.78 is 14.2. The van der Waals surface area contributed by atoms with Gasteiger partial charge in [-0.25, -0.2) is 4.39 Å². The lowest BCUT2D eigenvalue weighted by Gasteiger charge is -2.28. The number of carbonyl (C=O) groups is 1. The van der Waals surface area contributed by atoms with E-state index in [-0.39, 0.29) is 11.5 Å². The van der Waals surface area contributed by atoms with Gasteiger partial charge in [0.2, 0.25) is 0 Å². The van der Waals surface area contributed by atoms with Crippen LogP contribution >= 0.6 is 15.9 Å². The predicted molar refractivity (Wildman–Crippen MR) is 77.6 cm³/mol. The van der Waals surface area contributed by atoms with Crippen LogP contribution in [0.2, 0.25) is 0 Å². The maximum atomic E-state index is 13.7. The summed E-state index contributed by atoms with van der Waals surface area (Å²) in [4.78, 5) is 12.1. The molecule has 2 nitrogen and oxygen atoms in total. The Kier molecular flexibility index (Phi) is 4.97. The lowest BCUT2D eigenvalue weighted by atomic mass is 9.80. The molecule has 0 radical (unpaired) electrons. The topological polar surface area (TPSA) is 29.1 Å². The zero-order valence-electron chi connectivity index (χ0n) is 11.1. The van der Waals surface area contributed by atoms with Crippen molar-refractivity contribution in [1.82, 2.24) is 5.32 Å². The van der Waals surface area contributed by atoms with Crippen molar-refractivity contribution < 1.29 is 9.18 Å². The van der Waals surface area contributed by atoms with Gasteiger partial charge in [-0.15, -0.1) is 0 Å². The minimum Gasteiger partial charge on any atom is -0.352 e. The first-order valence-electron chi connectivity index (χ1n) is 6.82. The second kappa shape index (κ2) is 6.51. The second-order valence-corrected chi connectivity index (χ2v) is 6.18. The molecule has 1 N–H and O–H groups in total. The molecule has 2 rings (SSSR count). The fourth-order valence-electron chi connectivity index (χ4n) is 2.72. The van der Waals surface area contributed by atoms with Gasteiger partial charge in [0.25, 0.3) is 5.91 Å². The molecule has 1 aromatic rings. The molecule has 0 aromatic heterocycles. The molecule has 19 heavy (non-hydrogen) atoms. The van der Waals surface area contributed by atoms with Crippen LogP contribution in [0.5, 0.6) is 0 Å². The maximum absolute atomic E-state index is 13.7. The third-order valence-electron chi connectivity index (χ3n) is 4.00. The van der Waals surface area contributed by atoms with Crippen LogP contribution in [0.3, 0.4) is 0 Å². The monoisotopic (exact) mass is 327 g/mol. The predicted octanol–water partition coefficient (Wildman–Crippen LogP) is 4.14. The highest BCUT2D eigenvalue weighted by Crippen LogP contribution is 2.29. The number of benzene rings is 1. The number of rotatable bonds is 3. The average Bonchev–Trinajstić information content (AvgIpc) is 2.37. The quantitative estimate of drug-likeness (QED) is 0.887. The van der Waals surface area contributed by atoms with Crippen LogP contribution < -0.4 is 5.32 Å². The molecule has 0 spiro atoms. The number of hydrogen-bond acceptors (Lipinski definition) is 1. The van der Waals surface area contributed by atoms with Crippen molar-refractivity contribution in [3.63, 3.8) is 0 Å². The Morgan fingerprint density at radius 2 is 2.16 bits per heavy atom. The summed E-state index contributed by atoms with van der Waals surface area (Å²) in [5, 5.41) is 2.87. The molecule has 4 heteroatoms. The van der Waals surface area contributed by atoms with Crippen LogP contribution in [0, 0.1) is 17.7 Å². The first-order valence-corrected chi connectivity index (χ1v) is 7.61. The fourth-order valence-corrected chi connectivity index (χ4v) is 3.25. The summed E-state index contributed by atoms with van der Waals surface area (Å²) in [7, 11) is 0. The van der Waals surface area contributed by atoms with Crippen molar-refractivity contribution in [2.75, 3.05) is 6.54 Å². The van der Waals surface area contributed by atoms with Gasteiger partial charge in [-0.3, -0.25) is 4.79 Å². The third kappa shape index (κ3) is 3.56. The fraction of sp³-hybridized carbons (Fsp3) is 0.533. The third-order valence-corrected chi connectivity index (χ3v) is 4.66. The van der Waals surface area contributed by atoms with Gasteiger partial charge < -0.3 is 5.32 Å². The molecule has 0 heterocycles. The van der Waals surface area contributed by atoms with E-state index in [1.165, 1.54) is 25.3 Å². The number of nitrogens with one attached hydrogen (secondary N) is 1. The lowest BCUT2D eigenvalue weighted by Crippen LogP contribution is -2.34. The summed E-state index contributed by atoms with van der Waals surface area (Å²) in [6, 6.07) is 4.57. The molecule has 1 saturated carbocycles. The van der Waals surface area contributed by atoms with Crippen LogP contribution in [0.25, 0.3) is 0 Å². The highest BCUT2D eigenvalue weighted by atomic mass is 79.9. The Bertz CT molecular complexity index is 443. The van der Waals surface area contributed by atoms with Crippen LogP contribution in [0.1, 0.15) is 43.0 Å². The lowest BCUT2D eigenvalue weighted by molar-refractivity contribution is 0.0931. The Morgan fingerprint density at radius 1 is 1.42 bits per heavy atom. The number of hydrogen-bond donors (Lipinski definition) is 1. The van der Waals surface area contributed by atoms with Gasteiger partial charge in [-0.1, -0.05) is 32.3 Å². The average molecular weight is 328 g/mol. The molecule has 1 aliphatic carbocycles. The molecular formula is C15H19BrFNO. The minimum atomic E-state index is -0.483. The Hall–Kier alpha value is -0.900. The van der Waals surface area contributed by atoms with Crippen LogP contribution in [-0.4, -0.2) is 12.5 Å². The van der Waals surface area contributed by atoms with E-state index >= 15 is 0 Å². The smallest absolute Gasteiger partial charge is 0.255 e. The first-order chi connectivity index (χ1) is 9.09. The van der Waals surface area contributed by atoms with E-state index in [0.717, 1.165) is 6.42 Å². The molecule has 104 valence electrons. The maximum Gasteiger partial charge on any atom is 0.255 e. The van der Waals surface area contributed by atoms with Crippen molar-refractivity contribution in [3.8, 4) is 0 Å². The van der Waals surface area contributed by atoms with E-state index in [9.17, 15) is 9.18 Å². The van der Waals surface area contributed by atoms with Gasteiger partial charge in [0.15, 0.2) is 0 Å². The van der Waals surface area contributed by atoms with Crippen molar-refractivity contribution in [1.29, 1.82) is 0 Å². The molecule has 2 atom stereocenters. The summed E-state index contributed by atoms with van der Waals surface area (Å²) in [5.41, 5.74) is 0.103. The Labute approximate surface area is 121 Å². The molecule has 1 aromatic carbocycles. The molecule has 0 saturated heterocycles. The zero-order valence-corrected chi connectivity index (χ0v) is 12.7. The molecule has 1 aliphatic rings. The van der Waals surface area contributed by atoms with Gasteiger partial charge in [0, 0.05) is 11.0 Å². The van der Waals surface area contributed by atoms with E-state index in [4.69, 9.17) is 0 Å². The zero-order chi connectivity index (χ0) is 13.8. The molecule has 1 fully saturated rings. The van der Waals surface area contributed by atoms with E-state index in [2.05, 4.69) is 28.2 Å². The minimum absolute atomic E-state index is 0.103. The molecule has 0 aliphatic heterocycles. The van der Waals surface area contributed by atoms with Gasteiger partial charge in [-0.05, 0) is 46.3 Å². The van der Waals surface area contributed by atoms with Gasteiger partial charge in [0.05, 0.1) is 5.56 Å². The van der Waals surface area contributed by atoms with E-state index < -0.39 is 5.82 Å². The molecule has 1 amide bonds. The van der Waals surface area contributed by atoms with Gasteiger partial charge in [0.1, 0.15) is 5.82 Å². The standard InChI is InChI=1S/C15H19BrFNO/c1-10-5-2-3-6-11(10)9-18-15(19)14-12(16)7-4-8-13(14)17/h4,7-8,10-11H,2-3,5-6,9H2,1H3,(H,18,19). The number of halogens is 2. The van der Waals surface area contributed by atoms with Crippen LogP contribution in [-0.2, 0) is 0 Å². The number of amides is 1. The van der Waals surface area contributed by atoms with Crippen molar-refractivity contribution in [3.05, 3.63) is 34.1 Å². The van der Waals surface area contributed by atoms with Crippen molar-refractivity contribution in [2.24, 2.45) is 11.8 Å². The van der Waals surface area contributed by atoms with Crippen LogP contribution in [0.15, 0.2) is 22.7 Å². The van der Waals surface area contributed by atoms with E-state index in [1.54, 1.807) is 12.1 Å². The van der Waals surface area contributed by atoms with Crippen molar-refractivity contribution in [2.45, 2.75) is 32.6 Å². The summed E-state index contributed by atoms with van der Waals surface area (Å²) >= 11 is 3.22. The Balaban J connectivity index is 1.97. The largest absolute Gasteiger partial charge is 0.352 e. The Morgan fingerprint density at radius 3 is 2.84 bits per heavy atom. The summed E-state index contributed by atoms with van der Waals surface area (Å²) in [5.74, 6) is 0.340. The number of carbonyl (C=O) groups excluding carboxylic acids is 1. The SMILES string of the molecule is CC1CCCCC1CNC(=O)c1c(F)cccc1Br. The van der Waals surface area contributed by atoms with Gasteiger partial charge in [-0.2, -0.15) is 0 Å². The van der Waals surface area contributed by atoms with Crippen LogP contribution in [0.4, 0.5) is 4.39 Å². The molecule has 0 bridgehead atoms. The van der Waals surface area contributed by atoms with E-state index in [1.807, 2.05) is 0 Å². The summed E-state index contributed by atoms with van der Waals surface area (Å²) in [6.07, 6.45) is 4.89. The van der Waals surface area contributed by atoms with E-state index in [0.29, 0.717) is 22.9 Å². The first kappa shape index (κ1) is 14.5.